The van der Waals surface area contributed by atoms with Crippen molar-refractivity contribution in [1.29, 1.82) is 0 Å². The molecule has 150 valence electrons. The van der Waals surface area contributed by atoms with Gasteiger partial charge < -0.3 is 19.5 Å². The number of rotatable bonds is 7. The zero-order valence-corrected chi connectivity index (χ0v) is 17.7. The average Bonchev–Trinajstić information content (AvgIpc) is 3.30. The molecule has 1 atom stereocenters. The summed E-state index contributed by atoms with van der Waals surface area (Å²) in [5, 5.41) is 2.84. The Morgan fingerprint density at radius 3 is 2.21 bits per heavy atom. The maximum atomic E-state index is 12.8. The number of alkyl halides is 2. The minimum Gasteiger partial charge on any atom is -0.497 e. The Morgan fingerprint density at radius 1 is 1.07 bits per heavy atom. The van der Waals surface area contributed by atoms with Gasteiger partial charge in [-0.05, 0) is 50.1 Å². The number of hydrogen-bond donors (Lipinski definition) is 1. The fraction of sp³-hybridized carbons (Fsp3) is 0.381. The molecule has 1 N–H and O–H groups in total. The molecule has 0 heterocycles. The summed E-state index contributed by atoms with van der Waals surface area (Å²) in [5.74, 6) is 1.56. The van der Waals surface area contributed by atoms with E-state index in [4.69, 9.17) is 37.4 Å². The molecule has 0 spiro atoms. The van der Waals surface area contributed by atoms with Gasteiger partial charge in [0.05, 0.1) is 19.9 Å². The molecule has 1 unspecified atom stereocenters. The van der Waals surface area contributed by atoms with Gasteiger partial charge >= 0.3 is 0 Å². The molecule has 28 heavy (non-hydrogen) atoms. The van der Waals surface area contributed by atoms with Crippen molar-refractivity contribution in [1.82, 2.24) is 0 Å². The molecular formula is C21H23Cl2NO4. The van der Waals surface area contributed by atoms with E-state index in [1.807, 2.05) is 24.3 Å². The third kappa shape index (κ3) is 4.47. The summed E-state index contributed by atoms with van der Waals surface area (Å²) >= 11 is 12.2. The van der Waals surface area contributed by atoms with Crippen molar-refractivity contribution < 1.29 is 19.0 Å². The highest BCUT2D eigenvalue weighted by Gasteiger charge is 2.52. The molecule has 0 aromatic heterocycles. The maximum absolute atomic E-state index is 12.8. The van der Waals surface area contributed by atoms with E-state index in [0.717, 1.165) is 12.0 Å². The highest BCUT2D eigenvalue weighted by Crippen LogP contribution is 2.59. The number of hydrogen-bond acceptors (Lipinski definition) is 4. The van der Waals surface area contributed by atoms with Crippen molar-refractivity contribution >= 4 is 34.8 Å². The lowest BCUT2D eigenvalue weighted by Gasteiger charge is -2.26. The van der Waals surface area contributed by atoms with E-state index in [2.05, 4.69) is 5.32 Å². The number of benzene rings is 2. The second kappa shape index (κ2) is 7.72. The molecule has 0 saturated heterocycles. The summed E-state index contributed by atoms with van der Waals surface area (Å²) in [6.07, 6.45) is 0.744. The van der Waals surface area contributed by atoms with Crippen LogP contribution >= 0.6 is 23.2 Å². The summed E-state index contributed by atoms with van der Waals surface area (Å²) < 4.78 is 15.7. The first-order valence-corrected chi connectivity index (χ1v) is 9.62. The summed E-state index contributed by atoms with van der Waals surface area (Å²) in [6.45, 7) is 3.41. The summed E-state index contributed by atoms with van der Waals surface area (Å²) in [5.41, 5.74) is 0.492. The molecule has 2 aromatic carbocycles. The second-order valence-electron chi connectivity index (χ2n) is 7.22. The molecule has 0 bridgehead atoms. The quantitative estimate of drug-likeness (QED) is 0.624. The van der Waals surface area contributed by atoms with Crippen LogP contribution in [0.25, 0.3) is 0 Å². The highest BCUT2D eigenvalue weighted by atomic mass is 35.5. The molecule has 1 fully saturated rings. The van der Waals surface area contributed by atoms with E-state index < -0.39 is 9.93 Å². The lowest BCUT2D eigenvalue weighted by Crippen LogP contribution is -2.42. The number of carbonyl (C=O) groups is 1. The van der Waals surface area contributed by atoms with Gasteiger partial charge in [0, 0.05) is 12.0 Å². The fourth-order valence-corrected chi connectivity index (χ4v) is 3.42. The van der Waals surface area contributed by atoms with Crippen LogP contribution in [0.4, 0.5) is 5.69 Å². The predicted molar refractivity (Wildman–Crippen MR) is 111 cm³/mol. The SMILES string of the molecule is COc1ccc(NC(=O)C(C)(C)Oc2ccc(C3CC3(Cl)Cl)cc2)c(OC)c1. The molecule has 0 aliphatic heterocycles. The Balaban J connectivity index is 1.68. The van der Waals surface area contributed by atoms with Gasteiger partial charge in [-0.3, -0.25) is 4.79 Å². The van der Waals surface area contributed by atoms with E-state index in [0.29, 0.717) is 22.9 Å². The van der Waals surface area contributed by atoms with Crippen molar-refractivity contribution in [3.63, 3.8) is 0 Å². The van der Waals surface area contributed by atoms with Gasteiger partial charge in [-0.15, -0.1) is 23.2 Å². The molecule has 5 nitrogen and oxygen atoms in total. The molecule has 3 rings (SSSR count). The van der Waals surface area contributed by atoms with Crippen LogP contribution in [0.1, 0.15) is 31.7 Å². The third-order valence-corrected chi connectivity index (χ3v) is 5.52. The van der Waals surface area contributed by atoms with Gasteiger partial charge in [-0.1, -0.05) is 12.1 Å². The predicted octanol–water partition coefficient (Wildman–Crippen LogP) is 5.16. The van der Waals surface area contributed by atoms with Crippen molar-refractivity contribution in [3.05, 3.63) is 48.0 Å². The summed E-state index contributed by atoms with van der Waals surface area (Å²) in [6, 6.07) is 12.7. The van der Waals surface area contributed by atoms with E-state index in [1.165, 1.54) is 7.11 Å². The monoisotopic (exact) mass is 423 g/mol. The maximum Gasteiger partial charge on any atom is 0.268 e. The van der Waals surface area contributed by atoms with Crippen LogP contribution in [0.3, 0.4) is 0 Å². The zero-order chi connectivity index (χ0) is 20.5. The summed E-state index contributed by atoms with van der Waals surface area (Å²) in [7, 11) is 3.10. The lowest BCUT2D eigenvalue weighted by atomic mass is 10.1. The molecule has 1 aliphatic carbocycles. The van der Waals surface area contributed by atoms with Crippen molar-refractivity contribution in [2.75, 3.05) is 19.5 Å². The fourth-order valence-electron chi connectivity index (χ4n) is 2.86. The zero-order valence-electron chi connectivity index (χ0n) is 16.2. The molecule has 1 amide bonds. The Hall–Kier alpha value is -2.11. The van der Waals surface area contributed by atoms with Crippen molar-refractivity contribution in [2.24, 2.45) is 0 Å². The highest BCUT2D eigenvalue weighted by molar-refractivity contribution is 6.51. The van der Waals surface area contributed by atoms with E-state index in [1.54, 1.807) is 39.2 Å². The van der Waals surface area contributed by atoms with Crippen LogP contribution in [0.5, 0.6) is 17.2 Å². The normalized spacial score (nSPS) is 17.6. The summed E-state index contributed by atoms with van der Waals surface area (Å²) in [4.78, 5) is 12.8. The molecule has 1 saturated carbocycles. The van der Waals surface area contributed by atoms with Crippen LogP contribution in [0.15, 0.2) is 42.5 Å². The number of ether oxygens (including phenoxy) is 3. The van der Waals surface area contributed by atoms with Crippen LogP contribution in [0, 0.1) is 0 Å². The second-order valence-corrected chi connectivity index (χ2v) is 8.76. The Kier molecular flexibility index (Phi) is 5.69. The minimum absolute atomic E-state index is 0.142. The van der Waals surface area contributed by atoms with Gasteiger partial charge in [0.15, 0.2) is 5.60 Å². The van der Waals surface area contributed by atoms with E-state index in [-0.39, 0.29) is 11.8 Å². The van der Waals surface area contributed by atoms with Crippen molar-refractivity contribution in [2.45, 2.75) is 36.1 Å². The van der Waals surface area contributed by atoms with Crippen LogP contribution in [-0.4, -0.2) is 30.1 Å². The standard InChI is InChI=1S/C21H23Cl2NO4/c1-20(2,19(25)24-17-10-9-15(26-3)11-18(17)27-4)28-14-7-5-13(6-8-14)16-12-21(16,22)23/h5-11,16H,12H2,1-4H3,(H,24,25). The number of nitrogens with one attached hydrogen (secondary N) is 1. The number of amides is 1. The first-order chi connectivity index (χ1) is 13.2. The van der Waals surface area contributed by atoms with Crippen LogP contribution in [-0.2, 0) is 4.79 Å². The van der Waals surface area contributed by atoms with E-state index in [9.17, 15) is 4.79 Å². The molecule has 2 aromatic rings. The number of methoxy groups -OCH3 is 2. The number of halogens is 2. The van der Waals surface area contributed by atoms with Gasteiger partial charge in [-0.2, -0.15) is 0 Å². The lowest BCUT2D eigenvalue weighted by molar-refractivity contribution is -0.128. The topological polar surface area (TPSA) is 56.8 Å². The van der Waals surface area contributed by atoms with Crippen LogP contribution < -0.4 is 19.5 Å². The van der Waals surface area contributed by atoms with Crippen molar-refractivity contribution in [3.8, 4) is 17.2 Å². The Labute approximate surface area is 174 Å². The van der Waals surface area contributed by atoms with Gasteiger partial charge in [0.2, 0.25) is 0 Å². The molecule has 0 radical (unpaired) electrons. The Bertz CT molecular complexity index is 865. The molecular weight excluding hydrogens is 401 g/mol. The smallest absolute Gasteiger partial charge is 0.268 e. The average molecular weight is 424 g/mol. The Morgan fingerprint density at radius 2 is 1.68 bits per heavy atom. The third-order valence-electron chi connectivity index (χ3n) is 4.69. The number of carbonyl (C=O) groups excluding carboxylic acids is 1. The van der Waals surface area contributed by atoms with Gasteiger partial charge in [-0.25, -0.2) is 0 Å². The van der Waals surface area contributed by atoms with E-state index >= 15 is 0 Å². The largest absolute Gasteiger partial charge is 0.497 e. The molecule has 1 aliphatic rings. The van der Waals surface area contributed by atoms with Gasteiger partial charge in [0.1, 0.15) is 21.6 Å². The minimum atomic E-state index is -1.10. The first-order valence-electron chi connectivity index (χ1n) is 8.86. The van der Waals surface area contributed by atoms with Crippen LogP contribution in [0.2, 0.25) is 0 Å². The van der Waals surface area contributed by atoms with Gasteiger partial charge in [0.25, 0.3) is 5.91 Å². The molecule has 7 heteroatoms. The first kappa shape index (κ1) is 20.6. The number of anilines is 1.